The fourth-order valence-electron chi connectivity index (χ4n) is 3.77. The highest BCUT2D eigenvalue weighted by Gasteiger charge is 2.39. The first-order valence-electron chi connectivity index (χ1n) is 7.74. The van der Waals surface area contributed by atoms with E-state index in [1.165, 1.54) is 5.56 Å². The van der Waals surface area contributed by atoms with E-state index in [0.29, 0.717) is 11.8 Å². The second-order valence-corrected chi connectivity index (χ2v) is 6.88. The van der Waals surface area contributed by atoms with Crippen LogP contribution in [0.2, 0.25) is 10.0 Å². The van der Waals surface area contributed by atoms with Crippen molar-refractivity contribution < 1.29 is 4.74 Å². The monoisotopic (exact) mass is 345 g/mol. The zero-order chi connectivity index (χ0) is 16.0. The van der Waals surface area contributed by atoms with E-state index in [1.54, 1.807) is 7.11 Å². The van der Waals surface area contributed by atoms with E-state index in [4.69, 9.17) is 27.9 Å². The first kappa shape index (κ1) is 14.9. The van der Waals surface area contributed by atoms with E-state index in [2.05, 4.69) is 29.6 Å². The van der Waals surface area contributed by atoms with Crippen molar-refractivity contribution in [2.24, 2.45) is 5.92 Å². The van der Waals surface area contributed by atoms with Crippen LogP contribution >= 0.6 is 23.2 Å². The molecule has 0 saturated carbocycles. The van der Waals surface area contributed by atoms with Crippen molar-refractivity contribution in [3.05, 3.63) is 69.7 Å². The molecule has 1 aliphatic carbocycles. The number of benzene rings is 2. The number of allylic oxidation sites excluding steroid dienone is 2. The molecule has 2 aliphatic rings. The molecule has 0 radical (unpaired) electrons. The van der Waals surface area contributed by atoms with Crippen LogP contribution in [0.3, 0.4) is 0 Å². The summed E-state index contributed by atoms with van der Waals surface area (Å²) in [7, 11) is 1.68. The third kappa shape index (κ3) is 2.41. The number of rotatable bonds is 2. The van der Waals surface area contributed by atoms with Crippen molar-refractivity contribution in [1.29, 1.82) is 0 Å². The van der Waals surface area contributed by atoms with Crippen LogP contribution < -0.4 is 10.1 Å². The molecule has 2 aromatic carbocycles. The highest BCUT2D eigenvalue weighted by atomic mass is 35.5. The highest BCUT2D eigenvalue weighted by molar-refractivity contribution is 6.36. The van der Waals surface area contributed by atoms with E-state index in [0.717, 1.165) is 33.5 Å². The SMILES string of the molecule is COc1ccc([C@@H]2Nc3c(Cl)ccc(Cl)c3[C@@H]3C=CC[C@@H]32)cc1. The fraction of sp³-hybridized carbons (Fsp3) is 0.263. The summed E-state index contributed by atoms with van der Waals surface area (Å²) in [4.78, 5) is 0. The van der Waals surface area contributed by atoms with E-state index in [-0.39, 0.29) is 6.04 Å². The number of nitrogens with one attached hydrogen (secondary N) is 1. The molecule has 0 amide bonds. The molecule has 0 spiro atoms. The summed E-state index contributed by atoms with van der Waals surface area (Å²) in [6, 6.07) is 12.2. The maximum Gasteiger partial charge on any atom is 0.118 e. The molecule has 1 aliphatic heterocycles. The molecule has 2 nitrogen and oxygen atoms in total. The zero-order valence-electron chi connectivity index (χ0n) is 12.7. The van der Waals surface area contributed by atoms with Gasteiger partial charge in [-0.3, -0.25) is 0 Å². The normalized spacial score (nSPS) is 24.7. The lowest BCUT2D eigenvalue weighted by Crippen LogP contribution is -2.29. The quantitative estimate of drug-likeness (QED) is 0.691. The van der Waals surface area contributed by atoms with Crippen LogP contribution in [0.1, 0.15) is 29.5 Å². The zero-order valence-corrected chi connectivity index (χ0v) is 14.2. The molecule has 118 valence electrons. The minimum atomic E-state index is 0.212. The number of halogens is 2. The Balaban J connectivity index is 1.79. The van der Waals surface area contributed by atoms with Gasteiger partial charge in [0.1, 0.15) is 5.75 Å². The Hall–Kier alpha value is -1.64. The van der Waals surface area contributed by atoms with Crippen molar-refractivity contribution in [2.45, 2.75) is 18.4 Å². The molecule has 0 aromatic heterocycles. The molecule has 0 unspecified atom stereocenters. The van der Waals surface area contributed by atoms with E-state index in [9.17, 15) is 0 Å². The number of methoxy groups -OCH3 is 1. The Morgan fingerprint density at radius 1 is 1.04 bits per heavy atom. The van der Waals surface area contributed by atoms with Crippen molar-refractivity contribution in [3.8, 4) is 5.75 Å². The predicted molar refractivity (Wildman–Crippen MR) is 95.8 cm³/mol. The van der Waals surface area contributed by atoms with E-state index < -0.39 is 0 Å². The molecule has 2 aromatic rings. The van der Waals surface area contributed by atoms with Gasteiger partial charge < -0.3 is 10.1 Å². The molecule has 3 atom stereocenters. The second-order valence-electron chi connectivity index (χ2n) is 6.07. The third-order valence-corrected chi connectivity index (χ3v) is 5.54. The lowest BCUT2D eigenvalue weighted by atomic mass is 9.77. The van der Waals surface area contributed by atoms with Crippen LogP contribution in [0, 0.1) is 5.92 Å². The van der Waals surface area contributed by atoms with Crippen LogP contribution in [0.15, 0.2) is 48.6 Å². The summed E-state index contributed by atoms with van der Waals surface area (Å²) in [6.45, 7) is 0. The first-order valence-corrected chi connectivity index (χ1v) is 8.49. The smallest absolute Gasteiger partial charge is 0.118 e. The predicted octanol–water partition coefficient (Wildman–Crippen LogP) is 5.83. The number of hydrogen-bond donors (Lipinski definition) is 1. The van der Waals surface area contributed by atoms with Crippen LogP contribution in [0.5, 0.6) is 5.75 Å². The first-order chi connectivity index (χ1) is 11.2. The third-order valence-electron chi connectivity index (χ3n) is 4.89. The minimum absolute atomic E-state index is 0.212. The number of fused-ring (bicyclic) bond motifs is 3. The van der Waals surface area contributed by atoms with Gasteiger partial charge in [-0.05, 0) is 42.2 Å². The average Bonchev–Trinajstić information content (AvgIpc) is 3.07. The maximum atomic E-state index is 6.46. The summed E-state index contributed by atoms with van der Waals surface area (Å²) < 4.78 is 5.26. The van der Waals surface area contributed by atoms with Gasteiger partial charge in [0.2, 0.25) is 0 Å². The van der Waals surface area contributed by atoms with Gasteiger partial charge in [0.05, 0.1) is 23.9 Å². The highest BCUT2D eigenvalue weighted by Crippen LogP contribution is 2.53. The Labute approximate surface area is 146 Å². The standard InChI is InChI=1S/C19H17Cl2NO/c1-23-12-7-5-11(6-8-12)18-14-4-2-3-13(14)17-15(20)9-10-16(21)19(17)22-18/h2-3,5-10,13-14,18,22H,4H2,1H3/t13-,14+,18+/m1/s1. The van der Waals surface area contributed by atoms with E-state index in [1.807, 2.05) is 24.3 Å². The Morgan fingerprint density at radius 3 is 2.52 bits per heavy atom. The number of anilines is 1. The Kier molecular flexibility index (Phi) is 3.74. The van der Waals surface area contributed by atoms with Gasteiger partial charge >= 0.3 is 0 Å². The Bertz CT molecular complexity index is 770. The summed E-state index contributed by atoms with van der Waals surface area (Å²) in [5.41, 5.74) is 3.33. The molecule has 0 saturated heterocycles. The molecule has 4 heteroatoms. The van der Waals surface area contributed by atoms with Gasteiger partial charge in [-0.2, -0.15) is 0 Å². The fourth-order valence-corrected chi connectivity index (χ4v) is 4.27. The summed E-state index contributed by atoms with van der Waals surface area (Å²) in [5.74, 6) is 1.63. The van der Waals surface area contributed by atoms with Crippen LogP contribution in [-0.2, 0) is 0 Å². The van der Waals surface area contributed by atoms with Gasteiger partial charge in [0, 0.05) is 16.5 Å². The summed E-state index contributed by atoms with van der Waals surface area (Å²) in [5, 5.41) is 5.14. The van der Waals surface area contributed by atoms with Crippen molar-refractivity contribution in [1.82, 2.24) is 0 Å². The number of hydrogen-bond acceptors (Lipinski definition) is 2. The van der Waals surface area contributed by atoms with Gasteiger partial charge in [-0.1, -0.05) is 47.5 Å². The molecule has 4 rings (SSSR count). The van der Waals surface area contributed by atoms with Gasteiger partial charge in [0.25, 0.3) is 0 Å². The molecule has 1 heterocycles. The molecular weight excluding hydrogens is 329 g/mol. The van der Waals surface area contributed by atoms with Crippen molar-refractivity contribution >= 4 is 28.9 Å². The summed E-state index contributed by atoms with van der Waals surface area (Å²) in [6.07, 6.45) is 5.56. The minimum Gasteiger partial charge on any atom is -0.497 e. The Morgan fingerprint density at radius 2 is 1.78 bits per heavy atom. The number of ether oxygens (including phenoxy) is 1. The van der Waals surface area contributed by atoms with Crippen LogP contribution in [0.25, 0.3) is 0 Å². The van der Waals surface area contributed by atoms with Crippen LogP contribution in [0.4, 0.5) is 5.69 Å². The van der Waals surface area contributed by atoms with Crippen molar-refractivity contribution in [3.63, 3.8) is 0 Å². The molecular formula is C19H17Cl2NO. The molecule has 23 heavy (non-hydrogen) atoms. The largest absolute Gasteiger partial charge is 0.497 e. The lowest BCUT2D eigenvalue weighted by molar-refractivity contribution is 0.411. The second kappa shape index (κ2) is 5.77. The van der Waals surface area contributed by atoms with Gasteiger partial charge in [0.15, 0.2) is 0 Å². The topological polar surface area (TPSA) is 21.3 Å². The lowest BCUT2D eigenvalue weighted by Gasteiger charge is -2.38. The molecule has 0 bridgehead atoms. The molecule has 0 fully saturated rings. The average molecular weight is 346 g/mol. The maximum absolute atomic E-state index is 6.46. The van der Waals surface area contributed by atoms with Crippen LogP contribution in [-0.4, -0.2) is 7.11 Å². The van der Waals surface area contributed by atoms with Crippen molar-refractivity contribution in [2.75, 3.05) is 12.4 Å². The summed E-state index contributed by atoms with van der Waals surface area (Å²) >= 11 is 12.9. The van der Waals surface area contributed by atoms with E-state index >= 15 is 0 Å². The van der Waals surface area contributed by atoms with Gasteiger partial charge in [-0.15, -0.1) is 0 Å². The van der Waals surface area contributed by atoms with Gasteiger partial charge in [-0.25, -0.2) is 0 Å². The molecule has 1 N–H and O–H groups in total.